The Hall–Kier alpha value is -2.15. The van der Waals surface area contributed by atoms with E-state index >= 15 is 0 Å². The predicted octanol–water partition coefficient (Wildman–Crippen LogP) is -0.234. The van der Waals surface area contributed by atoms with Gasteiger partial charge in [0.2, 0.25) is 5.91 Å². The lowest BCUT2D eigenvalue weighted by atomic mass is 10.1. The molecule has 23 heavy (non-hydrogen) atoms. The van der Waals surface area contributed by atoms with E-state index in [1.807, 2.05) is 4.90 Å². The van der Waals surface area contributed by atoms with Crippen molar-refractivity contribution in [2.45, 2.75) is 12.8 Å². The molecule has 1 aliphatic heterocycles. The van der Waals surface area contributed by atoms with Crippen LogP contribution in [-0.4, -0.2) is 54.7 Å². The Morgan fingerprint density at radius 2 is 2.35 bits per heavy atom. The number of amides is 2. The molecule has 1 atom stereocenters. The van der Waals surface area contributed by atoms with E-state index < -0.39 is 0 Å². The first-order valence-electron chi connectivity index (χ1n) is 8.04. The second-order valence-corrected chi connectivity index (χ2v) is 6.16. The van der Waals surface area contributed by atoms with Crippen LogP contribution in [0.5, 0.6) is 0 Å². The van der Waals surface area contributed by atoms with Crippen molar-refractivity contribution in [1.29, 1.82) is 0 Å². The highest BCUT2D eigenvalue weighted by Gasteiger charge is 2.30. The van der Waals surface area contributed by atoms with Gasteiger partial charge in [-0.3, -0.25) is 14.6 Å². The average molecular weight is 318 g/mol. The lowest BCUT2D eigenvalue weighted by molar-refractivity contribution is -0.120. The third kappa shape index (κ3) is 3.98. The molecular formula is C16H22N4O3. The number of anilines is 1. The fraction of sp³-hybridized carbons (Fsp3) is 0.562. The van der Waals surface area contributed by atoms with Crippen LogP contribution < -0.4 is 15.5 Å². The zero-order valence-corrected chi connectivity index (χ0v) is 13.0. The fourth-order valence-corrected chi connectivity index (χ4v) is 2.86. The Morgan fingerprint density at radius 3 is 3.04 bits per heavy atom. The normalized spacial score (nSPS) is 19.2. The third-order valence-corrected chi connectivity index (χ3v) is 4.43. The van der Waals surface area contributed by atoms with Crippen LogP contribution in [0.25, 0.3) is 0 Å². The summed E-state index contributed by atoms with van der Waals surface area (Å²) >= 11 is 0. The van der Waals surface area contributed by atoms with Gasteiger partial charge in [0.15, 0.2) is 0 Å². The molecule has 1 aliphatic carbocycles. The molecule has 124 valence electrons. The van der Waals surface area contributed by atoms with Gasteiger partial charge in [-0.25, -0.2) is 0 Å². The Labute approximate surface area is 135 Å². The van der Waals surface area contributed by atoms with Gasteiger partial charge in [0, 0.05) is 44.0 Å². The van der Waals surface area contributed by atoms with Crippen molar-refractivity contribution in [3.63, 3.8) is 0 Å². The molecule has 2 heterocycles. The Kier molecular flexibility index (Phi) is 4.76. The van der Waals surface area contributed by atoms with Crippen LogP contribution in [-0.2, 0) is 4.79 Å². The van der Waals surface area contributed by atoms with Crippen LogP contribution in [0.2, 0.25) is 0 Å². The van der Waals surface area contributed by atoms with Gasteiger partial charge in [-0.05, 0) is 30.9 Å². The van der Waals surface area contributed by atoms with Crippen molar-refractivity contribution in [3.8, 4) is 0 Å². The maximum Gasteiger partial charge on any atom is 0.269 e. The van der Waals surface area contributed by atoms with Crippen LogP contribution in [0.1, 0.15) is 23.3 Å². The number of carbonyl (C=O) groups excluding carboxylic acids is 2. The van der Waals surface area contributed by atoms with Crippen molar-refractivity contribution >= 4 is 17.5 Å². The summed E-state index contributed by atoms with van der Waals surface area (Å²) in [6, 6.07) is 3.51. The van der Waals surface area contributed by atoms with E-state index in [0.29, 0.717) is 37.8 Å². The molecule has 2 aliphatic rings. The molecule has 7 nitrogen and oxygen atoms in total. The van der Waals surface area contributed by atoms with Gasteiger partial charge in [0.25, 0.3) is 5.91 Å². The molecule has 0 aromatic carbocycles. The van der Waals surface area contributed by atoms with E-state index in [1.54, 1.807) is 18.3 Å². The summed E-state index contributed by atoms with van der Waals surface area (Å²) in [4.78, 5) is 29.8. The number of aromatic nitrogens is 1. The number of aliphatic hydroxyl groups is 1. The molecule has 1 unspecified atom stereocenters. The molecule has 0 radical (unpaired) electrons. The van der Waals surface area contributed by atoms with E-state index in [4.69, 9.17) is 0 Å². The zero-order chi connectivity index (χ0) is 16.2. The first kappa shape index (κ1) is 15.7. The van der Waals surface area contributed by atoms with Crippen molar-refractivity contribution in [2.75, 3.05) is 37.7 Å². The van der Waals surface area contributed by atoms with Gasteiger partial charge in [-0.2, -0.15) is 0 Å². The minimum absolute atomic E-state index is 0.0192. The first-order valence-corrected chi connectivity index (χ1v) is 8.04. The number of hydrogen-bond donors (Lipinski definition) is 3. The minimum atomic E-state index is -0.243. The summed E-state index contributed by atoms with van der Waals surface area (Å²) in [5.41, 5.74) is 1.15. The van der Waals surface area contributed by atoms with Crippen LogP contribution >= 0.6 is 0 Å². The van der Waals surface area contributed by atoms with E-state index in [-0.39, 0.29) is 24.3 Å². The Bertz CT molecular complexity index is 588. The van der Waals surface area contributed by atoms with E-state index in [1.165, 1.54) is 0 Å². The van der Waals surface area contributed by atoms with Gasteiger partial charge in [-0.1, -0.05) is 0 Å². The third-order valence-electron chi connectivity index (χ3n) is 4.43. The number of piperazine rings is 1. The number of hydrogen-bond acceptors (Lipinski definition) is 5. The lowest BCUT2D eigenvalue weighted by Crippen LogP contribution is -2.47. The zero-order valence-electron chi connectivity index (χ0n) is 13.0. The van der Waals surface area contributed by atoms with Crippen molar-refractivity contribution < 1.29 is 14.7 Å². The van der Waals surface area contributed by atoms with Gasteiger partial charge in [-0.15, -0.1) is 0 Å². The monoisotopic (exact) mass is 318 g/mol. The summed E-state index contributed by atoms with van der Waals surface area (Å²) in [7, 11) is 0. The molecule has 2 amide bonds. The number of nitrogens with one attached hydrogen (secondary N) is 2. The Balaban J connectivity index is 1.61. The summed E-state index contributed by atoms with van der Waals surface area (Å²) in [6.45, 7) is 2.17. The molecule has 3 rings (SSSR count). The maximum absolute atomic E-state index is 12.3. The van der Waals surface area contributed by atoms with Crippen LogP contribution in [0.3, 0.4) is 0 Å². The average Bonchev–Trinajstić information content (AvgIpc) is 3.40. The van der Waals surface area contributed by atoms with E-state index in [9.17, 15) is 14.7 Å². The predicted molar refractivity (Wildman–Crippen MR) is 85.1 cm³/mol. The quantitative estimate of drug-likeness (QED) is 0.673. The van der Waals surface area contributed by atoms with Gasteiger partial charge in [0.1, 0.15) is 5.69 Å². The van der Waals surface area contributed by atoms with Gasteiger partial charge >= 0.3 is 0 Å². The SMILES string of the molecule is O=C1CN(c2ccnc(C(=O)NCC(CO)C3CC3)c2)CCN1. The highest BCUT2D eigenvalue weighted by Crippen LogP contribution is 2.36. The molecule has 1 aromatic rings. The van der Waals surface area contributed by atoms with E-state index in [0.717, 1.165) is 18.5 Å². The van der Waals surface area contributed by atoms with Crippen molar-refractivity contribution in [2.24, 2.45) is 11.8 Å². The summed E-state index contributed by atoms with van der Waals surface area (Å²) in [6.07, 6.45) is 3.85. The fourth-order valence-electron chi connectivity index (χ4n) is 2.86. The number of rotatable bonds is 6. The van der Waals surface area contributed by atoms with Crippen LogP contribution in [0, 0.1) is 11.8 Å². The largest absolute Gasteiger partial charge is 0.396 e. The van der Waals surface area contributed by atoms with Gasteiger partial charge < -0.3 is 20.6 Å². The summed E-state index contributed by atoms with van der Waals surface area (Å²) < 4.78 is 0. The molecule has 1 aromatic heterocycles. The summed E-state index contributed by atoms with van der Waals surface area (Å²) in [5, 5.41) is 15.0. The number of aliphatic hydroxyl groups excluding tert-OH is 1. The molecule has 1 saturated carbocycles. The van der Waals surface area contributed by atoms with Crippen molar-refractivity contribution in [3.05, 3.63) is 24.0 Å². The number of nitrogens with zero attached hydrogens (tertiary/aromatic N) is 2. The second kappa shape index (κ2) is 6.95. The number of carbonyl (C=O) groups is 2. The highest BCUT2D eigenvalue weighted by molar-refractivity contribution is 5.93. The minimum Gasteiger partial charge on any atom is -0.396 e. The topological polar surface area (TPSA) is 94.6 Å². The van der Waals surface area contributed by atoms with Crippen LogP contribution in [0.4, 0.5) is 5.69 Å². The maximum atomic E-state index is 12.3. The summed E-state index contributed by atoms with van der Waals surface area (Å²) in [5.74, 6) is 0.404. The van der Waals surface area contributed by atoms with Gasteiger partial charge in [0.05, 0.1) is 6.54 Å². The molecule has 0 spiro atoms. The van der Waals surface area contributed by atoms with Crippen LogP contribution in [0.15, 0.2) is 18.3 Å². The second-order valence-electron chi connectivity index (χ2n) is 6.16. The lowest BCUT2D eigenvalue weighted by Gasteiger charge is -2.28. The van der Waals surface area contributed by atoms with Crippen molar-refractivity contribution in [1.82, 2.24) is 15.6 Å². The molecule has 3 N–H and O–H groups in total. The molecular weight excluding hydrogens is 296 g/mol. The smallest absolute Gasteiger partial charge is 0.269 e. The standard InChI is InChI=1S/C16H22N4O3/c21-10-12(11-1-2-11)8-19-16(23)14-7-13(3-4-17-14)20-6-5-18-15(22)9-20/h3-4,7,11-12,21H,1-2,5-6,8-10H2,(H,18,22)(H,19,23). The molecule has 2 fully saturated rings. The van der Waals surface area contributed by atoms with E-state index in [2.05, 4.69) is 15.6 Å². The molecule has 1 saturated heterocycles. The molecule has 0 bridgehead atoms. The molecule has 7 heteroatoms. The first-order chi connectivity index (χ1) is 11.2. The highest BCUT2D eigenvalue weighted by atomic mass is 16.3. The number of pyridine rings is 1. The Morgan fingerprint density at radius 1 is 1.52 bits per heavy atom.